The standard InChI is InChI=1S/C40H48N6O5/c1-39(2,3)50-37(47)45-15-7-8-33(45)35-41-19-31(43-35)23-10-13-29-26(16-23)21-49-22-27-17-24(11-14-30(27)29)32-20-42-36(44-32)34-25-9-12-28(18-25)46(34)38(48)51-40(4,5)6/h10-11,13-14,16-17,19-20,25,28,33-34H,7-9,12,15,18,21-22H2,1-6H3,(H,41,43)(H,42,44)/t25-,28-,33+,34+/m1/s1. The number of hydrogen-bond donors (Lipinski definition) is 2. The first-order valence-electron chi connectivity index (χ1n) is 18.3. The van der Waals surface area contributed by atoms with Crippen LogP contribution in [-0.2, 0) is 27.4 Å². The van der Waals surface area contributed by atoms with E-state index in [1.807, 2.05) is 58.8 Å². The van der Waals surface area contributed by atoms with Crippen molar-refractivity contribution in [3.8, 4) is 33.6 Å². The highest BCUT2D eigenvalue weighted by molar-refractivity contribution is 5.78. The predicted molar refractivity (Wildman–Crippen MR) is 192 cm³/mol. The average Bonchev–Trinajstić information content (AvgIpc) is 3.90. The van der Waals surface area contributed by atoms with Crippen LogP contribution in [0.1, 0.15) is 109 Å². The zero-order valence-corrected chi connectivity index (χ0v) is 30.4. The van der Waals surface area contributed by atoms with E-state index in [-0.39, 0.29) is 30.3 Å². The van der Waals surface area contributed by atoms with Crippen LogP contribution >= 0.6 is 0 Å². The van der Waals surface area contributed by atoms with E-state index in [4.69, 9.17) is 24.2 Å². The number of hydrogen-bond acceptors (Lipinski definition) is 7. The molecule has 2 N–H and O–H groups in total. The van der Waals surface area contributed by atoms with Gasteiger partial charge in [-0.1, -0.05) is 24.3 Å². The molecule has 0 radical (unpaired) electrons. The first kappa shape index (κ1) is 33.5. The largest absolute Gasteiger partial charge is 0.444 e. The number of aromatic nitrogens is 4. The average molecular weight is 693 g/mol. The van der Waals surface area contributed by atoms with Gasteiger partial charge in [0, 0.05) is 12.6 Å². The molecule has 11 nitrogen and oxygen atoms in total. The van der Waals surface area contributed by atoms with Crippen LogP contribution in [0.15, 0.2) is 48.8 Å². The molecule has 0 spiro atoms. The maximum absolute atomic E-state index is 13.3. The van der Waals surface area contributed by atoms with Crippen LogP contribution in [0.3, 0.4) is 0 Å². The number of ether oxygens (including phenoxy) is 3. The SMILES string of the molecule is CC(C)(C)OC(=O)N1CCC[C@H]1c1ncc(-c2ccc3c(c2)COCc2cc(-c4cnc([C@@H]5[C@@H]6CC[C@H](C6)N5C(=O)OC(C)(C)C)[nH]4)ccc2-3)[nH]1. The zero-order valence-electron chi connectivity index (χ0n) is 30.4. The highest BCUT2D eigenvalue weighted by Gasteiger charge is 2.51. The molecule has 3 fully saturated rings. The maximum atomic E-state index is 13.3. The lowest BCUT2D eigenvalue weighted by atomic mass is 9.93. The lowest BCUT2D eigenvalue weighted by Crippen LogP contribution is -2.43. The number of imidazole rings is 2. The van der Waals surface area contributed by atoms with Crippen molar-refractivity contribution in [2.24, 2.45) is 5.92 Å². The number of carbonyl (C=O) groups excluding carboxylic acids is 2. The fourth-order valence-corrected chi connectivity index (χ4v) is 8.35. The molecular weight excluding hydrogens is 644 g/mol. The number of carbonyl (C=O) groups is 2. The number of H-pyrrole nitrogens is 2. The molecule has 8 rings (SSSR count). The predicted octanol–water partition coefficient (Wildman–Crippen LogP) is 8.70. The van der Waals surface area contributed by atoms with Crippen LogP contribution in [0, 0.1) is 5.92 Å². The second kappa shape index (κ2) is 12.5. The van der Waals surface area contributed by atoms with Crippen molar-refractivity contribution in [3.05, 3.63) is 71.6 Å². The van der Waals surface area contributed by atoms with E-state index in [1.54, 1.807) is 4.90 Å². The number of aromatic amines is 2. The Kier molecular flexibility index (Phi) is 8.24. The Labute approximate surface area is 299 Å². The minimum atomic E-state index is -0.549. The molecule has 2 aromatic carbocycles. The van der Waals surface area contributed by atoms with Crippen LogP contribution in [0.4, 0.5) is 9.59 Å². The smallest absolute Gasteiger partial charge is 0.411 e. The summed E-state index contributed by atoms with van der Waals surface area (Å²) in [6.45, 7) is 13.0. The van der Waals surface area contributed by atoms with Crippen LogP contribution < -0.4 is 0 Å². The van der Waals surface area contributed by atoms with Crippen molar-refractivity contribution >= 4 is 12.2 Å². The van der Waals surface area contributed by atoms with E-state index in [0.717, 1.165) is 88.5 Å². The molecule has 1 aliphatic carbocycles. The van der Waals surface area contributed by atoms with Crippen molar-refractivity contribution in [2.45, 2.75) is 116 Å². The van der Waals surface area contributed by atoms with Gasteiger partial charge in [0.1, 0.15) is 22.9 Å². The van der Waals surface area contributed by atoms with Gasteiger partial charge >= 0.3 is 12.2 Å². The van der Waals surface area contributed by atoms with Gasteiger partial charge in [0.05, 0.1) is 49.1 Å². The summed E-state index contributed by atoms with van der Waals surface area (Å²) in [5.74, 6) is 1.98. The normalized spacial score (nSPS) is 22.9. The van der Waals surface area contributed by atoms with Crippen LogP contribution in [0.2, 0.25) is 0 Å². The Balaban J connectivity index is 1.01. The molecular formula is C40H48N6O5. The van der Waals surface area contributed by atoms with Crippen LogP contribution in [0.5, 0.6) is 0 Å². The maximum Gasteiger partial charge on any atom is 0.411 e. The van der Waals surface area contributed by atoms with Crippen LogP contribution in [0.25, 0.3) is 33.6 Å². The van der Waals surface area contributed by atoms with Crippen molar-refractivity contribution < 1.29 is 23.8 Å². The summed E-state index contributed by atoms with van der Waals surface area (Å²) in [7, 11) is 0. The molecule has 2 bridgehead atoms. The van der Waals surface area contributed by atoms with Gasteiger partial charge in [-0.3, -0.25) is 9.80 Å². The number of benzene rings is 2. The molecule has 5 heterocycles. The summed E-state index contributed by atoms with van der Waals surface area (Å²) in [6.07, 6.45) is 8.02. The quantitative estimate of drug-likeness (QED) is 0.219. The minimum absolute atomic E-state index is 0.106. The Morgan fingerprint density at radius 3 is 2.00 bits per heavy atom. The van der Waals surface area contributed by atoms with Crippen molar-refractivity contribution in [2.75, 3.05) is 6.54 Å². The van der Waals surface area contributed by atoms with Gasteiger partial charge in [0.2, 0.25) is 0 Å². The third-order valence-corrected chi connectivity index (χ3v) is 10.5. The van der Waals surface area contributed by atoms with Gasteiger partial charge in [-0.2, -0.15) is 0 Å². The molecule has 3 aliphatic heterocycles. The van der Waals surface area contributed by atoms with E-state index in [9.17, 15) is 9.59 Å². The highest BCUT2D eigenvalue weighted by Crippen LogP contribution is 2.50. The molecule has 0 unspecified atom stereocenters. The summed E-state index contributed by atoms with van der Waals surface area (Å²) in [4.78, 5) is 46.4. The van der Waals surface area contributed by atoms with Gasteiger partial charge in [-0.25, -0.2) is 19.6 Å². The van der Waals surface area contributed by atoms with Crippen molar-refractivity contribution in [1.82, 2.24) is 29.7 Å². The lowest BCUT2D eigenvalue weighted by molar-refractivity contribution is 0.00613. The first-order valence-corrected chi connectivity index (χ1v) is 18.3. The number of rotatable bonds is 4. The van der Waals surface area contributed by atoms with E-state index >= 15 is 0 Å². The fraction of sp³-hybridized carbons (Fsp3) is 0.500. The number of amides is 2. The first-order chi connectivity index (χ1) is 24.3. The van der Waals surface area contributed by atoms with E-state index in [1.165, 1.54) is 0 Å². The second-order valence-electron chi connectivity index (χ2n) is 16.5. The molecule has 51 heavy (non-hydrogen) atoms. The Morgan fingerprint density at radius 2 is 1.37 bits per heavy atom. The van der Waals surface area contributed by atoms with Crippen LogP contribution in [-0.4, -0.2) is 65.7 Å². The van der Waals surface area contributed by atoms with E-state index in [0.29, 0.717) is 25.7 Å². The van der Waals surface area contributed by atoms with E-state index in [2.05, 4.69) is 46.4 Å². The van der Waals surface area contributed by atoms with Gasteiger partial charge in [-0.15, -0.1) is 0 Å². The number of nitrogens with zero attached hydrogens (tertiary/aromatic N) is 4. The summed E-state index contributed by atoms with van der Waals surface area (Å²) in [5.41, 5.74) is 7.27. The van der Waals surface area contributed by atoms with Crippen molar-refractivity contribution in [3.63, 3.8) is 0 Å². The molecule has 4 atom stereocenters. The molecule has 11 heteroatoms. The monoisotopic (exact) mass is 692 g/mol. The van der Waals surface area contributed by atoms with Gasteiger partial charge in [0.25, 0.3) is 0 Å². The van der Waals surface area contributed by atoms with Gasteiger partial charge in [-0.05, 0) is 125 Å². The Morgan fingerprint density at radius 1 is 0.784 bits per heavy atom. The third-order valence-electron chi connectivity index (χ3n) is 10.5. The zero-order chi connectivity index (χ0) is 35.7. The summed E-state index contributed by atoms with van der Waals surface area (Å²) in [5, 5.41) is 0. The molecule has 4 aliphatic rings. The fourth-order valence-electron chi connectivity index (χ4n) is 8.35. The molecule has 268 valence electrons. The minimum Gasteiger partial charge on any atom is -0.444 e. The van der Waals surface area contributed by atoms with Gasteiger partial charge in [0.15, 0.2) is 0 Å². The summed E-state index contributed by atoms with van der Waals surface area (Å²) < 4.78 is 17.7. The molecule has 1 saturated carbocycles. The van der Waals surface area contributed by atoms with Crippen molar-refractivity contribution in [1.29, 1.82) is 0 Å². The topological polar surface area (TPSA) is 126 Å². The Hall–Kier alpha value is -4.64. The molecule has 2 aromatic heterocycles. The van der Waals surface area contributed by atoms with E-state index < -0.39 is 11.2 Å². The number of nitrogens with one attached hydrogen (secondary N) is 2. The summed E-state index contributed by atoms with van der Waals surface area (Å²) in [6, 6.07) is 12.9. The second-order valence-corrected chi connectivity index (χ2v) is 16.5. The van der Waals surface area contributed by atoms with Gasteiger partial charge < -0.3 is 24.2 Å². The third kappa shape index (κ3) is 6.52. The summed E-state index contributed by atoms with van der Waals surface area (Å²) >= 11 is 0. The molecule has 2 amide bonds. The molecule has 2 saturated heterocycles. The number of fused-ring (bicyclic) bond motifs is 5. The number of likely N-dealkylation sites (tertiary alicyclic amines) is 2. The number of piperidine rings is 1. The highest BCUT2D eigenvalue weighted by atomic mass is 16.6. The Bertz CT molecular complexity index is 1970. The molecule has 4 aromatic rings. The lowest BCUT2D eigenvalue weighted by Gasteiger charge is -2.35.